The lowest BCUT2D eigenvalue weighted by atomic mass is 10.0. The molecule has 0 saturated heterocycles. The molecule has 1 N–H and O–H groups in total. The fraction of sp³-hybridized carbons (Fsp3) is 0. The van der Waals surface area contributed by atoms with Crippen molar-refractivity contribution in [2.75, 3.05) is 5.32 Å². The van der Waals surface area contributed by atoms with Gasteiger partial charge in [-0.25, -0.2) is 4.79 Å². The second-order valence-electron chi connectivity index (χ2n) is 9.48. The van der Waals surface area contributed by atoms with Crippen LogP contribution in [-0.2, 0) is 0 Å². The average molecular weight is 570 g/mol. The first-order chi connectivity index (χ1) is 20.5. The van der Waals surface area contributed by atoms with E-state index in [1.54, 1.807) is 79.0 Å². The lowest BCUT2D eigenvalue weighted by Crippen LogP contribution is -2.19. The van der Waals surface area contributed by atoms with Crippen molar-refractivity contribution in [1.82, 2.24) is 9.78 Å². The molecule has 1 heterocycles. The molecule has 6 nitrogen and oxygen atoms in total. The molecule has 0 atom stereocenters. The van der Waals surface area contributed by atoms with Gasteiger partial charge in [0.1, 0.15) is 17.2 Å². The molecule has 1 aromatic heterocycles. The summed E-state index contributed by atoms with van der Waals surface area (Å²) >= 11 is 6.09. The maximum Gasteiger partial charge on any atom is 0.346 e. The molecule has 0 aliphatic rings. The van der Waals surface area contributed by atoms with Crippen LogP contribution < -0.4 is 10.1 Å². The highest BCUT2D eigenvalue weighted by atomic mass is 35.5. The summed E-state index contributed by atoms with van der Waals surface area (Å²) in [4.78, 5) is 25.8. The third-order valence-electron chi connectivity index (χ3n) is 6.62. The molecular weight excluding hydrogens is 546 g/mol. The molecule has 5 aromatic carbocycles. The van der Waals surface area contributed by atoms with Gasteiger partial charge in [0.25, 0.3) is 0 Å². The van der Waals surface area contributed by atoms with Crippen molar-refractivity contribution < 1.29 is 14.3 Å². The zero-order valence-electron chi connectivity index (χ0n) is 22.3. The Labute approximate surface area is 247 Å². The number of amides is 1. The van der Waals surface area contributed by atoms with Gasteiger partial charge in [0.2, 0.25) is 0 Å². The van der Waals surface area contributed by atoms with Gasteiger partial charge in [-0.3, -0.25) is 4.79 Å². The van der Waals surface area contributed by atoms with E-state index in [0.29, 0.717) is 39.0 Å². The zero-order chi connectivity index (χ0) is 28.9. The molecule has 0 saturated carbocycles. The monoisotopic (exact) mass is 569 g/mol. The topological polar surface area (TPSA) is 73.2 Å². The van der Waals surface area contributed by atoms with Crippen LogP contribution in [0.4, 0.5) is 10.5 Å². The first-order valence-corrected chi connectivity index (χ1v) is 13.6. The number of ether oxygens (including phenoxy) is 1. The Kier molecular flexibility index (Phi) is 7.62. The van der Waals surface area contributed by atoms with Crippen molar-refractivity contribution in [1.29, 1.82) is 0 Å². The van der Waals surface area contributed by atoms with Gasteiger partial charge in [-0.15, -0.1) is 0 Å². The molecule has 0 fully saturated rings. The minimum absolute atomic E-state index is 0.0457. The molecular formula is C35H24ClN3O3. The van der Waals surface area contributed by atoms with E-state index in [9.17, 15) is 9.59 Å². The third kappa shape index (κ3) is 5.99. The summed E-state index contributed by atoms with van der Waals surface area (Å²) in [6, 6.07) is 39.9. The first kappa shape index (κ1) is 26.7. The van der Waals surface area contributed by atoms with Gasteiger partial charge in [-0.1, -0.05) is 84.4 Å². The standard InChI is InChI=1S/C35H24ClN3O3/c36-28-15-11-25(12-16-28)33-32(24-7-3-1-4-8-24)23-39(38-33)35(41)37-29-17-21-31(22-18-29)42-30-19-13-27(14-20-30)34(40)26-9-5-2-6-10-26/h1-23H,(H,37,41). The summed E-state index contributed by atoms with van der Waals surface area (Å²) in [5, 5.41) is 8.12. The largest absolute Gasteiger partial charge is 0.457 e. The summed E-state index contributed by atoms with van der Waals surface area (Å²) in [7, 11) is 0. The van der Waals surface area contributed by atoms with E-state index in [2.05, 4.69) is 10.4 Å². The van der Waals surface area contributed by atoms with Gasteiger partial charge in [0.05, 0.1) is 0 Å². The summed E-state index contributed by atoms with van der Waals surface area (Å²) < 4.78 is 7.24. The van der Waals surface area contributed by atoms with Crippen molar-refractivity contribution in [3.05, 3.63) is 156 Å². The summed E-state index contributed by atoms with van der Waals surface area (Å²) in [6.45, 7) is 0. The van der Waals surface area contributed by atoms with Gasteiger partial charge in [0.15, 0.2) is 5.78 Å². The molecule has 1 amide bonds. The summed E-state index contributed by atoms with van der Waals surface area (Å²) in [6.07, 6.45) is 1.72. The Morgan fingerprint density at radius 2 is 1.21 bits per heavy atom. The van der Waals surface area contributed by atoms with E-state index in [0.717, 1.165) is 16.7 Å². The Morgan fingerprint density at radius 1 is 0.643 bits per heavy atom. The zero-order valence-corrected chi connectivity index (χ0v) is 23.0. The van der Waals surface area contributed by atoms with Crippen molar-refractivity contribution in [3.63, 3.8) is 0 Å². The number of benzene rings is 5. The molecule has 0 bridgehead atoms. The van der Waals surface area contributed by atoms with E-state index in [1.165, 1.54) is 4.68 Å². The number of halogens is 1. The van der Waals surface area contributed by atoms with Gasteiger partial charge in [-0.05, 0) is 66.2 Å². The predicted molar refractivity (Wildman–Crippen MR) is 165 cm³/mol. The highest BCUT2D eigenvalue weighted by Gasteiger charge is 2.17. The van der Waals surface area contributed by atoms with Crippen LogP contribution in [0.15, 0.2) is 140 Å². The fourth-order valence-corrected chi connectivity index (χ4v) is 4.61. The molecule has 0 unspecified atom stereocenters. The van der Waals surface area contributed by atoms with E-state index >= 15 is 0 Å². The minimum atomic E-state index is -0.403. The van der Waals surface area contributed by atoms with Crippen LogP contribution >= 0.6 is 11.6 Å². The summed E-state index contributed by atoms with van der Waals surface area (Å²) in [5.41, 5.74) is 5.10. The van der Waals surface area contributed by atoms with Gasteiger partial charge < -0.3 is 10.1 Å². The number of hydrogen-bond donors (Lipinski definition) is 1. The van der Waals surface area contributed by atoms with Crippen molar-refractivity contribution in [2.24, 2.45) is 0 Å². The molecule has 0 spiro atoms. The summed E-state index contributed by atoms with van der Waals surface area (Å²) in [5.74, 6) is 1.14. The van der Waals surface area contributed by atoms with E-state index in [1.807, 2.05) is 60.7 Å². The number of carbonyl (C=O) groups is 2. The number of hydrogen-bond acceptors (Lipinski definition) is 4. The maximum atomic E-state index is 13.2. The van der Waals surface area contributed by atoms with Crippen molar-refractivity contribution in [3.8, 4) is 33.9 Å². The van der Waals surface area contributed by atoms with Crippen LogP contribution in [0.5, 0.6) is 11.5 Å². The van der Waals surface area contributed by atoms with Crippen LogP contribution in [0.1, 0.15) is 15.9 Å². The molecule has 6 aromatic rings. The van der Waals surface area contributed by atoms with E-state index < -0.39 is 6.03 Å². The Bertz CT molecular complexity index is 1830. The predicted octanol–water partition coefficient (Wildman–Crippen LogP) is 8.97. The van der Waals surface area contributed by atoms with Crippen LogP contribution in [0.2, 0.25) is 5.02 Å². The smallest absolute Gasteiger partial charge is 0.346 e. The number of nitrogens with one attached hydrogen (secondary N) is 1. The van der Waals surface area contributed by atoms with Crippen molar-refractivity contribution >= 4 is 29.1 Å². The number of ketones is 1. The number of aromatic nitrogens is 2. The van der Waals surface area contributed by atoms with Gasteiger partial charge in [-0.2, -0.15) is 9.78 Å². The van der Waals surface area contributed by atoms with Crippen LogP contribution in [0, 0.1) is 0 Å². The van der Waals surface area contributed by atoms with Crippen LogP contribution in [0.25, 0.3) is 22.4 Å². The number of nitrogens with zero attached hydrogens (tertiary/aromatic N) is 2. The molecule has 0 radical (unpaired) electrons. The molecule has 42 heavy (non-hydrogen) atoms. The lowest BCUT2D eigenvalue weighted by Gasteiger charge is -2.09. The van der Waals surface area contributed by atoms with Gasteiger partial charge in [0, 0.05) is 39.2 Å². The first-order valence-electron chi connectivity index (χ1n) is 13.2. The lowest BCUT2D eigenvalue weighted by molar-refractivity contribution is 0.103. The second-order valence-corrected chi connectivity index (χ2v) is 9.92. The van der Waals surface area contributed by atoms with Crippen LogP contribution in [0.3, 0.4) is 0 Å². The normalized spacial score (nSPS) is 10.7. The fourth-order valence-electron chi connectivity index (χ4n) is 4.48. The maximum absolute atomic E-state index is 13.2. The number of rotatable bonds is 7. The quantitative estimate of drug-likeness (QED) is 0.195. The van der Waals surface area contributed by atoms with Crippen LogP contribution in [-0.4, -0.2) is 21.6 Å². The molecule has 7 heteroatoms. The number of anilines is 1. The number of carbonyl (C=O) groups excluding carboxylic acids is 2. The molecule has 0 aliphatic carbocycles. The minimum Gasteiger partial charge on any atom is -0.457 e. The molecule has 6 rings (SSSR count). The SMILES string of the molecule is O=C(c1ccccc1)c1ccc(Oc2ccc(NC(=O)n3cc(-c4ccccc4)c(-c4ccc(Cl)cc4)n3)cc2)cc1. The van der Waals surface area contributed by atoms with Gasteiger partial charge >= 0.3 is 6.03 Å². The highest BCUT2D eigenvalue weighted by Crippen LogP contribution is 2.32. The average Bonchev–Trinajstić information content (AvgIpc) is 3.49. The Morgan fingerprint density at radius 3 is 1.86 bits per heavy atom. The molecule has 204 valence electrons. The Hall–Kier alpha value is -5.46. The second kappa shape index (κ2) is 12.0. The van der Waals surface area contributed by atoms with Crippen molar-refractivity contribution in [2.45, 2.75) is 0 Å². The Balaban J connectivity index is 1.15. The highest BCUT2D eigenvalue weighted by molar-refractivity contribution is 6.30. The van der Waals surface area contributed by atoms with E-state index in [4.69, 9.17) is 16.3 Å². The molecule has 0 aliphatic heterocycles. The van der Waals surface area contributed by atoms with E-state index in [-0.39, 0.29) is 5.78 Å². The third-order valence-corrected chi connectivity index (χ3v) is 6.87.